The summed E-state index contributed by atoms with van der Waals surface area (Å²) in [7, 11) is 0. The van der Waals surface area contributed by atoms with E-state index in [1.165, 1.54) is 0 Å². The third-order valence-corrected chi connectivity index (χ3v) is 0.990. The number of carbonyl (C=O) groups is 1. The molecule has 0 radical (unpaired) electrons. The first kappa shape index (κ1) is 8.50. The fourth-order valence-electron chi connectivity index (χ4n) is 0.536. The molecule has 8 heteroatoms. The lowest BCUT2D eigenvalue weighted by atomic mass is 10.3. The summed E-state index contributed by atoms with van der Waals surface area (Å²) in [6.07, 6.45) is -4.77. The second kappa shape index (κ2) is 2.47. The van der Waals surface area contributed by atoms with Crippen LogP contribution in [0.2, 0.25) is 0 Å². The van der Waals surface area contributed by atoms with Gasteiger partial charge in [-0.1, -0.05) is 0 Å². The highest BCUT2D eigenvalue weighted by Gasteiger charge is 2.40. The van der Waals surface area contributed by atoms with Gasteiger partial charge in [-0.05, 0) is 10.3 Å². The first-order chi connectivity index (χ1) is 5.43. The van der Waals surface area contributed by atoms with Crippen LogP contribution in [0.15, 0.2) is 4.63 Å². The Hall–Kier alpha value is -1.60. The molecule has 66 valence electrons. The van der Waals surface area contributed by atoms with Crippen molar-refractivity contribution in [3.05, 3.63) is 11.4 Å². The van der Waals surface area contributed by atoms with E-state index in [0.29, 0.717) is 0 Å². The summed E-state index contributed by atoms with van der Waals surface area (Å²) in [6, 6.07) is 0. The minimum absolute atomic E-state index is 1.01. The van der Waals surface area contributed by atoms with Crippen LogP contribution in [-0.2, 0) is 6.18 Å². The lowest BCUT2D eigenvalue weighted by Crippen LogP contribution is -2.18. The standard InChI is InChI=1S/C4H2F3N3O2/c5-4(6,7)2-1(3(8)11)9-12-10-2/h(H2,8,11). The molecular weight excluding hydrogens is 179 g/mol. The predicted octanol–water partition coefficient (Wildman–Crippen LogP) is 0.187. The molecule has 0 fully saturated rings. The fraction of sp³-hybridized carbons (Fsp3) is 0.250. The van der Waals surface area contributed by atoms with Gasteiger partial charge in [0.15, 0.2) is 0 Å². The van der Waals surface area contributed by atoms with Gasteiger partial charge in [0.2, 0.25) is 11.4 Å². The Morgan fingerprint density at radius 2 is 2.00 bits per heavy atom. The minimum Gasteiger partial charge on any atom is -0.364 e. The number of hydrogen-bond donors (Lipinski definition) is 1. The molecule has 1 heterocycles. The number of aromatic nitrogens is 2. The van der Waals surface area contributed by atoms with Crippen LogP contribution < -0.4 is 5.73 Å². The molecule has 2 N–H and O–H groups in total. The number of halogens is 3. The summed E-state index contributed by atoms with van der Waals surface area (Å²) in [5, 5.41) is 5.20. The Morgan fingerprint density at radius 1 is 1.42 bits per heavy atom. The predicted molar refractivity (Wildman–Crippen MR) is 27.8 cm³/mol. The highest BCUT2D eigenvalue weighted by molar-refractivity contribution is 5.91. The molecular formula is C4H2F3N3O2. The fourth-order valence-corrected chi connectivity index (χ4v) is 0.536. The molecule has 0 aromatic carbocycles. The smallest absolute Gasteiger partial charge is 0.364 e. The summed E-state index contributed by atoms with van der Waals surface area (Å²) in [5.41, 5.74) is 2.04. The van der Waals surface area contributed by atoms with E-state index in [-0.39, 0.29) is 0 Å². The van der Waals surface area contributed by atoms with Gasteiger partial charge in [0.25, 0.3) is 5.91 Å². The van der Waals surface area contributed by atoms with Crippen molar-refractivity contribution >= 4 is 5.91 Å². The van der Waals surface area contributed by atoms with Gasteiger partial charge in [-0.3, -0.25) is 4.79 Å². The number of amides is 1. The number of nitrogens with zero attached hydrogens (tertiary/aromatic N) is 2. The van der Waals surface area contributed by atoms with Crippen LogP contribution in [0.5, 0.6) is 0 Å². The molecule has 0 aliphatic rings. The van der Waals surface area contributed by atoms with Crippen molar-refractivity contribution in [2.24, 2.45) is 5.73 Å². The summed E-state index contributed by atoms with van der Waals surface area (Å²) < 4.78 is 39.3. The van der Waals surface area contributed by atoms with Crippen LogP contribution >= 0.6 is 0 Å². The molecule has 0 spiro atoms. The van der Waals surface area contributed by atoms with Crippen molar-refractivity contribution in [2.75, 3.05) is 0 Å². The molecule has 0 saturated carbocycles. The Balaban J connectivity index is 3.17. The second-order valence-electron chi connectivity index (χ2n) is 1.82. The Morgan fingerprint density at radius 3 is 2.33 bits per heavy atom. The lowest BCUT2D eigenvalue weighted by Gasteiger charge is -1.99. The molecule has 1 aromatic rings. The van der Waals surface area contributed by atoms with E-state index >= 15 is 0 Å². The van der Waals surface area contributed by atoms with Crippen LogP contribution in [-0.4, -0.2) is 16.2 Å². The Bertz CT molecular complexity index is 305. The number of nitrogens with two attached hydrogens (primary N) is 1. The summed E-state index contributed by atoms with van der Waals surface area (Å²) in [4.78, 5) is 10.3. The third kappa shape index (κ3) is 1.36. The molecule has 0 atom stereocenters. The molecule has 1 rings (SSSR count). The van der Waals surface area contributed by atoms with Gasteiger partial charge in [0.05, 0.1) is 0 Å². The topological polar surface area (TPSA) is 82.0 Å². The summed E-state index contributed by atoms with van der Waals surface area (Å²) in [5.74, 6) is -1.33. The monoisotopic (exact) mass is 181 g/mol. The molecule has 0 unspecified atom stereocenters. The molecule has 0 aliphatic heterocycles. The Labute approximate surface area is 63.3 Å². The van der Waals surface area contributed by atoms with E-state index in [4.69, 9.17) is 0 Å². The van der Waals surface area contributed by atoms with Crippen LogP contribution in [0.1, 0.15) is 16.2 Å². The maximum atomic E-state index is 11.9. The van der Waals surface area contributed by atoms with E-state index in [1.807, 2.05) is 0 Å². The lowest BCUT2D eigenvalue weighted by molar-refractivity contribution is -0.143. The summed E-state index contributed by atoms with van der Waals surface area (Å²) >= 11 is 0. The van der Waals surface area contributed by atoms with E-state index < -0.39 is 23.5 Å². The van der Waals surface area contributed by atoms with E-state index in [9.17, 15) is 18.0 Å². The van der Waals surface area contributed by atoms with Crippen molar-refractivity contribution in [3.8, 4) is 0 Å². The first-order valence-corrected chi connectivity index (χ1v) is 2.62. The van der Waals surface area contributed by atoms with Gasteiger partial charge in [0, 0.05) is 0 Å². The van der Waals surface area contributed by atoms with E-state index in [2.05, 4.69) is 20.7 Å². The van der Waals surface area contributed by atoms with Crippen molar-refractivity contribution in [1.29, 1.82) is 0 Å². The highest BCUT2D eigenvalue weighted by atomic mass is 19.4. The normalized spacial score (nSPS) is 11.6. The first-order valence-electron chi connectivity index (χ1n) is 2.62. The zero-order valence-corrected chi connectivity index (χ0v) is 5.42. The van der Waals surface area contributed by atoms with Gasteiger partial charge < -0.3 is 5.73 Å². The van der Waals surface area contributed by atoms with E-state index in [0.717, 1.165) is 0 Å². The zero-order chi connectivity index (χ0) is 9.35. The average Bonchev–Trinajstić information content (AvgIpc) is 2.30. The summed E-state index contributed by atoms with van der Waals surface area (Å²) in [6.45, 7) is 0. The minimum atomic E-state index is -4.77. The maximum absolute atomic E-state index is 11.9. The van der Waals surface area contributed by atoms with Crippen LogP contribution in [0.25, 0.3) is 0 Å². The maximum Gasteiger partial charge on any atom is 0.439 e. The van der Waals surface area contributed by atoms with Crippen LogP contribution in [0, 0.1) is 0 Å². The SMILES string of the molecule is NC(=O)c1nonc1C(F)(F)F. The van der Waals surface area contributed by atoms with Crippen molar-refractivity contribution in [2.45, 2.75) is 6.18 Å². The van der Waals surface area contributed by atoms with Gasteiger partial charge in [0.1, 0.15) is 0 Å². The number of alkyl halides is 3. The number of primary amides is 1. The quantitative estimate of drug-likeness (QED) is 0.670. The van der Waals surface area contributed by atoms with E-state index in [1.54, 1.807) is 0 Å². The highest BCUT2D eigenvalue weighted by Crippen LogP contribution is 2.29. The van der Waals surface area contributed by atoms with Crippen molar-refractivity contribution < 1.29 is 22.6 Å². The third-order valence-electron chi connectivity index (χ3n) is 0.990. The molecule has 1 aromatic heterocycles. The largest absolute Gasteiger partial charge is 0.439 e. The average molecular weight is 181 g/mol. The van der Waals surface area contributed by atoms with Gasteiger partial charge in [-0.25, -0.2) is 4.63 Å². The van der Waals surface area contributed by atoms with Crippen LogP contribution in [0.3, 0.4) is 0 Å². The molecule has 0 bridgehead atoms. The molecule has 0 saturated heterocycles. The number of hydrogen-bond acceptors (Lipinski definition) is 4. The molecule has 0 aliphatic carbocycles. The zero-order valence-electron chi connectivity index (χ0n) is 5.42. The van der Waals surface area contributed by atoms with Crippen LogP contribution in [0.4, 0.5) is 13.2 Å². The van der Waals surface area contributed by atoms with Crippen molar-refractivity contribution in [3.63, 3.8) is 0 Å². The van der Waals surface area contributed by atoms with Gasteiger partial charge in [-0.2, -0.15) is 13.2 Å². The van der Waals surface area contributed by atoms with Gasteiger partial charge in [-0.15, -0.1) is 0 Å². The molecule has 12 heavy (non-hydrogen) atoms. The number of carbonyl (C=O) groups excluding carboxylic acids is 1. The molecule has 5 nitrogen and oxygen atoms in total. The molecule has 1 amide bonds. The Kier molecular flexibility index (Phi) is 1.75. The number of rotatable bonds is 1. The second-order valence-corrected chi connectivity index (χ2v) is 1.82. The van der Waals surface area contributed by atoms with Crippen molar-refractivity contribution in [1.82, 2.24) is 10.3 Å². The van der Waals surface area contributed by atoms with Gasteiger partial charge >= 0.3 is 6.18 Å².